The van der Waals surface area contributed by atoms with Gasteiger partial charge in [-0.25, -0.2) is 0 Å². The van der Waals surface area contributed by atoms with Crippen molar-refractivity contribution >= 4 is 30.2 Å². The summed E-state index contributed by atoms with van der Waals surface area (Å²) in [5.41, 5.74) is 1.08. The average molecular weight is 171 g/mol. The highest BCUT2D eigenvalue weighted by Gasteiger charge is 1.97. The summed E-state index contributed by atoms with van der Waals surface area (Å²) >= 11 is 8.22. The van der Waals surface area contributed by atoms with Crippen molar-refractivity contribution in [1.82, 2.24) is 4.57 Å². The highest BCUT2D eigenvalue weighted by molar-refractivity contribution is 7.92. The molecule has 1 nitrogen and oxygen atoms in total. The maximum Gasteiger partial charge on any atom is 0.0544 e. The van der Waals surface area contributed by atoms with Gasteiger partial charge in [-0.05, 0) is 17.5 Å². The lowest BCUT2D eigenvalue weighted by atomic mass is 10.4. The van der Waals surface area contributed by atoms with Crippen molar-refractivity contribution in [1.29, 1.82) is 0 Å². The van der Waals surface area contributed by atoms with Crippen molar-refractivity contribution in [2.45, 2.75) is 0 Å². The lowest BCUT2D eigenvalue weighted by Crippen LogP contribution is -1.89. The number of hydrogen-bond donors (Lipinski definition) is 2. The lowest BCUT2D eigenvalue weighted by molar-refractivity contribution is 0.914. The summed E-state index contributed by atoms with van der Waals surface area (Å²) in [6, 6.07) is 3.97. The molecule has 1 rings (SSSR count). The number of hydrogen-bond acceptors (Lipinski definition) is 2. The number of aryl methyl sites for hydroxylation is 1. The van der Waals surface area contributed by atoms with Crippen LogP contribution in [-0.4, -0.2) is 4.57 Å². The van der Waals surface area contributed by atoms with E-state index in [-0.39, 0.29) is 0 Å². The van der Waals surface area contributed by atoms with E-state index >= 15 is 0 Å². The highest BCUT2D eigenvalue weighted by atomic mass is 32.1. The van der Waals surface area contributed by atoms with E-state index in [0.29, 0.717) is 0 Å². The van der Waals surface area contributed by atoms with E-state index in [4.69, 9.17) is 0 Å². The summed E-state index contributed by atoms with van der Waals surface area (Å²) in [5.74, 6) is 0. The number of thiol groups is 2. The Labute approximate surface area is 71.6 Å². The summed E-state index contributed by atoms with van der Waals surface area (Å²) in [6.07, 6.45) is 1.98. The summed E-state index contributed by atoms with van der Waals surface area (Å²) in [4.78, 5) is 0.885. The molecule has 0 unspecified atom stereocenters. The van der Waals surface area contributed by atoms with Crippen molar-refractivity contribution in [3.8, 4) is 0 Å². The van der Waals surface area contributed by atoms with Gasteiger partial charge in [0.2, 0.25) is 0 Å². The van der Waals surface area contributed by atoms with E-state index in [1.54, 1.807) is 5.41 Å². The standard InChI is InChI=1S/C7H9NS2/c1-8-4-2-3-6(8)7(10)5-9/h2-5,9-10H,1H3. The molecule has 0 bridgehead atoms. The van der Waals surface area contributed by atoms with Crippen LogP contribution in [0.1, 0.15) is 5.69 Å². The summed E-state index contributed by atoms with van der Waals surface area (Å²) in [7, 11) is 1.98. The Morgan fingerprint density at radius 3 is 2.80 bits per heavy atom. The largest absolute Gasteiger partial charge is 0.350 e. The smallest absolute Gasteiger partial charge is 0.0544 e. The molecule has 10 heavy (non-hydrogen) atoms. The van der Waals surface area contributed by atoms with Gasteiger partial charge in [0.15, 0.2) is 0 Å². The van der Waals surface area contributed by atoms with Gasteiger partial charge < -0.3 is 4.57 Å². The summed E-state index contributed by atoms with van der Waals surface area (Å²) in [5, 5.41) is 1.68. The van der Waals surface area contributed by atoms with E-state index in [0.717, 1.165) is 10.6 Å². The molecule has 0 spiro atoms. The zero-order valence-corrected chi connectivity index (χ0v) is 7.44. The topological polar surface area (TPSA) is 4.93 Å². The Bertz CT molecular complexity index is 250. The molecular formula is C7H9NS2. The van der Waals surface area contributed by atoms with Crippen LogP contribution in [0.2, 0.25) is 0 Å². The Hall–Kier alpha value is -0.280. The first kappa shape index (κ1) is 7.82. The second-order valence-corrected chi connectivity index (χ2v) is 2.76. The molecule has 1 aromatic rings. The van der Waals surface area contributed by atoms with Crippen LogP contribution in [0, 0.1) is 0 Å². The molecule has 3 heteroatoms. The molecule has 0 saturated carbocycles. The molecule has 0 saturated heterocycles. The van der Waals surface area contributed by atoms with Crippen LogP contribution in [0.25, 0.3) is 4.91 Å². The Balaban J connectivity index is 3.05. The predicted molar refractivity (Wildman–Crippen MR) is 51.4 cm³/mol. The minimum Gasteiger partial charge on any atom is -0.350 e. The third-order valence-electron chi connectivity index (χ3n) is 1.33. The van der Waals surface area contributed by atoms with Gasteiger partial charge in [0.25, 0.3) is 0 Å². The van der Waals surface area contributed by atoms with Crippen LogP contribution >= 0.6 is 25.3 Å². The molecular weight excluding hydrogens is 162 g/mol. The molecule has 0 N–H and O–H groups in total. The third-order valence-corrected chi connectivity index (χ3v) is 2.15. The van der Waals surface area contributed by atoms with Crippen LogP contribution in [0.15, 0.2) is 23.7 Å². The first-order valence-corrected chi connectivity index (χ1v) is 3.87. The minimum atomic E-state index is 0.885. The Morgan fingerprint density at radius 1 is 1.70 bits per heavy atom. The van der Waals surface area contributed by atoms with Gasteiger partial charge in [0.05, 0.1) is 5.69 Å². The third kappa shape index (κ3) is 1.41. The van der Waals surface area contributed by atoms with Gasteiger partial charge in [-0.1, -0.05) is 0 Å². The van der Waals surface area contributed by atoms with E-state index < -0.39 is 0 Å². The zero-order valence-electron chi connectivity index (χ0n) is 5.65. The quantitative estimate of drug-likeness (QED) is 0.597. The average Bonchev–Trinajstić information content (AvgIpc) is 2.34. The normalized spacial score (nSPS) is 12.1. The zero-order chi connectivity index (χ0) is 7.56. The first-order valence-electron chi connectivity index (χ1n) is 2.90. The molecule has 54 valence electrons. The van der Waals surface area contributed by atoms with Crippen molar-refractivity contribution in [2.75, 3.05) is 0 Å². The van der Waals surface area contributed by atoms with E-state index in [9.17, 15) is 0 Å². The van der Waals surface area contributed by atoms with E-state index in [1.807, 2.05) is 29.9 Å². The number of rotatable bonds is 1. The predicted octanol–water partition coefficient (Wildman–Crippen LogP) is 2.18. The fourth-order valence-electron chi connectivity index (χ4n) is 0.793. The molecule has 0 aromatic carbocycles. The van der Waals surface area contributed by atoms with Gasteiger partial charge >= 0.3 is 0 Å². The van der Waals surface area contributed by atoms with Crippen LogP contribution in [0.3, 0.4) is 0 Å². The van der Waals surface area contributed by atoms with Gasteiger partial charge in [-0.3, -0.25) is 0 Å². The van der Waals surface area contributed by atoms with Gasteiger partial charge in [0.1, 0.15) is 0 Å². The lowest BCUT2D eigenvalue weighted by Gasteiger charge is -1.99. The molecule has 0 aliphatic heterocycles. The van der Waals surface area contributed by atoms with Crippen LogP contribution < -0.4 is 0 Å². The Kier molecular flexibility index (Phi) is 2.51. The monoisotopic (exact) mass is 171 g/mol. The first-order chi connectivity index (χ1) is 4.75. The van der Waals surface area contributed by atoms with Gasteiger partial charge in [0, 0.05) is 18.1 Å². The molecule has 1 aromatic heterocycles. The van der Waals surface area contributed by atoms with Crippen molar-refractivity contribution in [2.24, 2.45) is 7.05 Å². The van der Waals surface area contributed by atoms with Crippen molar-refractivity contribution in [3.05, 3.63) is 29.4 Å². The van der Waals surface area contributed by atoms with Crippen molar-refractivity contribution < 1.29 is 0 Å². The Morgan fingerprint density at radius 2 is 2.40 bits per heavy atom. The van der Waals surface area contributed by atoms with E-state index in [2.05, 4.69) is 25.3 Å². The fourth-order valence-corrected chi connectivity index (χ4v) is 1.16. The minimum absolute atomic E-state index is 0.885. The second kappa shape index (κ2) is 3.21. The number of nitrogens with zero attached hydrogens (tertiary/aromatic N) is 1. The molecule has 0 radical (unpaired) electrons. The van der Waals surface area contributed by atoms with Crippen LogP contribution in [0.5, 0.6) is 0 Å². The molecule has 0 fully saturated rings. The maximum absolute atomic E-state index is 4.22. The summed E-state index contributed by atoms with van der Waals surface area (Å²) in [6.45, 7) is 0. The maximum atomic E-state index is 4.22. The van der Waals surface area contributed by atoms with Crippen LogP contribution in [-0.2, 0) is 7.05 Å². The molecule has 0 aliphatic carbocycles. The SMILES string of the molecule is Cn1cccc1C(S)=CS. The van der Waals surface area contributed by atoms with E-state index in [1.165, 1.54) is 0 Å². The fraction of sp³-hybridized carbons (Fsp3) is 0.143. The molecule has 0 amide bonds. The molecule has 0 aliphatic rings. The van der Waals surface area contributed by atoms with Crippen LogP contribution in [0.4, 0.5) is 0 Å². The van der Waals surface area contributed by atoms with Gasteiger partial charge in [-0.2, -0.15) is 12.6 Å². The van der Waals surface area contributed by atoms with Gasteiger partial charge in [-0.15, -0.1) is 12.6 Å². The number of aromatic nitrogens is 1. The second-order valence-electron chi connectivity index (χ2n) is 2.02. The molecule has 0 atom stereocenters. The summed E-state index contributed by atoms with van der Waals surface area (Å²) < 4.78 is 2.00. The molecule has 1 heterocycles. The van der Waals surface area contributed by atoms with Crippen molar-refractivity contribution in [3.63, 3.8) is 0 Å². The highest BCUT2D eigenvalue weighted by Crippen LogP contribution is 2.18.